The van der Waals surface area contributed by atoms with Gasteiger partial charge in [-0.15, -0.1) is 0 Å². The highest BCUT2D eigenvalue weighted by atomic mass is 35.5. The maximum atomic E-state index is 12.3. The molecule has 4 rings (SSSR count). The van der Waals surface area contributed by atoms with Crippen molar-refractivity contribution in [2.24, 2.45) is 0 Å². The standard InChI is InChI=1S/C24H16Cl2N2O3S/c25-16-10-15(11-17(26)13-16)22-8-5-19(31-22)6-9-23(30)28-24(32)27-21-3-1-2-14-12-18(29)4-7-20(14)21/h1-13,29H,(H2,27,28,30,32)/b9-6+. The zero-order valence-corrected chi connectivity index (χ0v) is 18.8. The number of nitrogens with one attached hydrogen (secondary N) is 2. The van der Waals surface area contributed by atoms with Crippen LogP contribution in [0.5, 0.6) is 5.75 Å². The normalized spacial score (nSPS) is 11.1. The van der Waals surface area contributed by atoms with Gasteiger partial charge >= 0.3 is 0 Å². The summed E-state index contributed by atoms with van der Waals surface area (Å²) in [5, 5.41) is 18.1. The minimum atomic E-state index is -0.413. The molecule has 3 aromatic carbocycles. The maximum Gasteiger partial charge on any atom is 0.250 e. The van der Waals surface area contributed by atoms with Gasteiger partial charge in [-0.2, -0.15) is 0 Å². The molecule has 1 amide bonds. The number of benzene rings is 3. The molecule has 160 valence electrons. The van der Waals surface area contributed by atoms with Crippen molar-refractivity contribution in [1.29, 1.82) is 0 Å². The number of anilines is 1. The number of phenolic OH excluding ortho intramolecular Hbond substituents is 1. The topological polar surface area (TPSA) is 74.5 Å². The van der Waals surface area contributed by atoms with Crippen LogP contribution in [0.3, 0.4) is 0 Å². The monoisotopic (exact) mass is 482 g/mol. The van der Waals surface area contributed by atoms with Crippen LogP contribution in [-0.2, 0) is 4.79 Å². The van der Waals surface area contributed by atoms with Gasteiger partial charge in [0.2, 0.25) is 5.91 Å². The van der Waals surface area contributed by atoms with Gasteiger partial charge in [-0.05, 0) is 78.3 Å². The number of carbonyl (C=O) groups is 1. The molecule has 0 saturated heterocycles. The second-order valence-electron chi connectivity index (χ2n) is 6.85. The third-order valence-electron chi connectivity index (χ3n) is 4.52. The average Bonchev–Trinajstić information content (AvgIpc) is 3.21. The molecular formula is C24H16Cl2N2O3S. The molecule has 0 spiro atoms. The Kier molecular flexibility index (Phi) is 6.46. The Hall–Kier alpha value is -3.32. The highest BCUT2D eigenvalue weighted by Gasteiger charge is 2.08. The van der Waals surface area contributed by atoms with Gasteiger partial charge in [-0.1, -0.05) is 35.3 Å². The van der Waals surface area contributed by atoms with E-state index in [0.717, 1.165) is 16.3 Å². The average molecular weight is 483 g/mol. The highest BCUT2D eigenvalue weighted by Crippen LogP contribution is 2.29. The van der Waals surface area contributed by atoms with Crippen LogP contribution in [0.15, 0.2) is 77.2 Å². The first-order valence-corrected chi connectivity index (χ1v) is 10.6. The molecule has 0 atom stereocenters. The first kappa shape index (κ1) is 21.9. The summed E-state index contributed by atoms with van der Waals surface area (Å²) in [6, 6.07) is 19.2. The van der Waals surface area contributed by atoms with Crippen LogP contribution in [0.2, 0.25) is 10.0 Å². The largest absolute Gasteiger partial charge is 0.508 e. The quantitative estimate of drug-likeness (QED) is 0.224. The molecule has 0 saturated carbocycles. The van der Waals surface area contributed by atoms with Crippen LogP contribution in [0, 0.1) is 0 Å². The number of thiocarbonyl (C=S) groups is 1. The summed E-state index contributed by atoms with van der Waals surface area (Å²) in [4.78, 5) is 12.3. The van der Waals surface area contributed by atoms with Crippen LogP contribution in [-0.4, -0.2) is 16.1 Å². The van der Waals surface area contributed by atoms with Crippen molar-refractivity contribution < 1.29 is 14.3 Å². The van der Waals surface area contributed by atoms with Gasteiger partial charge in [0.15, 0.2) is 5.11 Å². The van der Waals surface area contributed by atoms with Crippen molar-refractivity contribution in [3.63, 3.8) is 0 Å². The Morgan fingerprint density at radius 2 is 1.78 bits per heavy atom. The van der Waals surface area contributed by atoms with Crippen molar-refractivity contribution in [3.8, 4) is 17.1 Å². The molecule has 4 aromatic rings. The molecule has 0 aliphatic heterocycles. The molecule has 1 heterocycles. The molecule has 1 aromatic heterocycles. The summed E-state index contributed by atoms with van der Waals surface area (Å²) in [6.45, 7) is 0. The number of halogens is 2. The molecule has 3 N–H and O–H groups in total. The molecule has 0 unspecified atom stereocenters. The number of hydrogen-bond donors (Lipinski definition) is 3. The molecule has 0 radical (unpaired) electrons. The van der Waals surface area contributed by atoms with E-state index in [1.54, 1.807) is 48.5 Å². The number of carbonyl (C=O) groups excluding carboxylic acids is 1. The van der Waals surface area contributed by atoms with Gasteiger partial charge in [-0.3, -0.25) is 10.1 Å². The van der Waals surface area contributed by atoms with Crippen LogP contribution in [0.25, 0.3) is 28.2 Å². The zero-order chi connectivity index (χ0) is 22.7. The van der Waals surface area contributed by atoms with Crippen LogP contribution in [0.4, 0.5) is 5.69 Å². The summed E-state index contributed by atoms with van der Waals surface area (Å²) in [5.74, 6) is 0.826. The van der Waals surface area contributed by atoms with E-state index >= 15 is 0 Å². The second-order valence-corrected chi connectivity index (χ2v) is 8.13. The van der Waals surface area contributed by atoms with E-state index in [4.69, 9.17) is 39.8 Å². The van der Waals surface area contributed by atoms with Gasteiger partial charge < -0.3 is 14.8 Å². The molecule has 0 aliphatic rings. The lowest BCUT2D eigenvalue weighted by Gasteiger charge is -2.11. The van der Waals surface area contributed by atoms with E-state index in [1.165, 1.54) is 12.2 Å². The summed E-state index contributed by atoms with van der Waals surface area (Å²) >= 11 is 17.3. The lowest BCUT2D eigenvalue weighted by molar-refractivity contribution is -0.115. The Balaban J connectivity index is 1.40. The van der Waals surface area contributed by atoms with Crippen molar-refractivity contribution in [1.82, 2.24) is 5.32 Å². The molecule has 0 aliphatic carbocycles. The Morgan fingerprint density at radius 1 is 1.00 bits per heavy atom. The third-order valence-corrected chi connectivity index (χ3v) is 5.16. The summed E-state index contributed by atoms with van der Waals surface area (Å²) < 4.78 is 5.74. The Bertz CT molecular complexity index is 1340. The zero-order valence-electron chi connectivity index (χ0n) is 16.4. The maximum absolute atomic E-state index is 12.3. The summed E-state index contributed by atoms with van der Waals surface area (Å²) in [7, 11) is 0. The lowest BCUT2D eigenvalue weighted by Crippen LogP contribution is -2.32. The fourth-order valence-electron chi connectivity index (χ4n) is 3.14. The van der Waals surface area contributed by atoms with E-state index in [-0.39, 0.29) is 10.9 Å². The van der Waals surface area contributed by atoms with Crippen LogP contribution >= 0.6 is 35.4 Å². The van der Waals surface area contributed by atoms with Gasteiger partial charge in [-0.25, -0.2) is 0 Å². The minimum absolute atomic E-state index is 0.147. The fraction of sp³-hybridized carbons (Fsp3) is 0. The number of rotatable bonds is 4. The number of hydrogen-bond acceptors (Lipinski definition) is 4. The number of furan rings is 1. The first-order chi connectivity index (χ1) is 15.4. The van der Waals surface area contributed by atoms with Gasteiger partial charge in [0.05, 0.1) is 0 Å². The molecule has 8 heteroatoms. The fourth-order valence-corrected chi connectivity index (χ4v) is 3.88. The molecule has 5 nitrogen and oxygen atoms in total. The van der Waals surface area contributed by atoms with Crippen molar-refractivity contribution in [2.45, 2.75) is 0 Å². The van der Waals surface area contributed by atoms with Gasteiger partial charge in [0.1, 0.15) is 17.3 Å². The Labute approximate surface area is 199 Å². The van der Waals surface area contributed by atoms with Crippen molar-refractivity contribution in [3.05, 3.63) is 88.6 Å². The number of phenols is 1. The predicted molar refractivity (Wildman–Crippen MR) is 133 cm³/mol. The smallest absolute Gasteiger partial charge is 0.250 e. The molecule has 32 heavy (non-hydrogen) atoms. The lowest BCUT2D eigenvalue weighted by atomic mass is 10.1. The van der Waals surface area contributed by atoms with E-state index in [0.29, 0.717) is 27.3 Å². The SMILES string of the molecule is O=C(/C=C/c1ccc(-c2cc(Cl)cc(Cl)c2)o1)NC(=S)Nc1cccc2cc(O)ccc12. The highest BCUT2D eigenvalue weighted by molar-refractivity contribution is 7.80. The number of aromatic hydroxyl groups is 1. The van der Waals surface area contributed by atoms with Gasteiger partial charge in [0.25, 0.3) is 0 Å². The van der Waals surface area contributed by atoms with E-state index < -0.39 is 5.91 Å². The third kappa shape index (κ3) is 5.29. The first-order valence-electron chi connectivity index (χ1n) is 9.45. The van der Waals surface area contributed by atoms with E-state index in [1.807, 2.05) is 18.2 Å². The van der Waals surface area contributed by atoms with E-state index in [9.17, 15) is 9.90 Å². The summed E-state index contributed by atoms with van der Waals surface area (Å²) in [5.41, 5.74) is 1.45. The van der Waals surface area contributed by atoms with Gasteiger partial charge in [0, 0.05) is 32.8 Å². The Morgan fingerprint density at radius 3 is 2.56 bits per heavy atom. The van der Waals surface area contributed by atoms with Crippen LogP contribution < -0.4 is 10.6 Å². The second kappa shape index (κ2) is 9.44. The molecular weight excluding hydrogens is 467 g/mol. The molecule has 0 fully saturated rings. The molecule has 0 bridgehead atoms. The van der Waals surface area contributed by atoms with Crippen molar-refractivity contribution in [2.75, 3.05) is 5.32 Å². The summed E-state index contributed by atoms with van der Waals surface area (Å²) in [6.07, 6.45) is 2.86. The minimum Gasteiger partial charge on any atom is -0.508 e. The predicted octanol–water partition coefficient (Wildman–Crippen LogP) is 6.64. The van der Waals surface area contributed by atoms with E-state index in [2.05, 4.69) is 10.6 Å². The number of fused-ring (bicyclic) bond motifs is 1. The van der Waals surface area contributed by atoms with Crippen molar-refractivity contribution >= 4 is 69.0 Å². The number of amides is 1. The van der Waals surface area contributed by atoms with Crippen LogP contribution in [0.1, 0.15) is 5.76 Å².